The van der Waals surface area contributed by atoms with E-state index in [4.69, 9.17) is 30.2 Å². The fourth-order valence-electron chi connectivity index (χ4n) is 3.63. The van der Waals surface area contributed by atoms with Crippen molar-refractivity contribution in [2.75, 3.05) is 26.1 Å². The van der Waals surface area contributed by atoms with Gasteiger partial charge < -0.3 is 18.6 Å². The number of carbonyl (C=O) groups excluding carboxylic acids is 2. The van der Waals surface area contributed by atoms with Gasteiger partial charge in [0.25, 0.3) is 5.91 Å². The van der Waals surface area contributed by atoms with Gasteiger partial charge in [0.2, 0.25) is 5.88 Å². The lowest BCUT2D eigenvalue weighted by atomic mass is 9.98. The molecular weight excluding hydrogens is 576 g/mol. The van der Waals surface area contributed by atoms with Crippen LogP contribution in [0.2, 0.25) is 5.02 Å². The van der Waals surface area contributed by atoms with Gasteiger partial charge in [-0.05, 0) is 60.2 Å². The van der Waals surface area contributed by atoms with Crippen molar-refractivity contribution >= 4 is 45.3 Å². The van der Waals surface area contributed by atoms with Gasteiger partial charge in [-0.2, -0.15) is 5.26 Å². The van der Waals surface area contributed by atoms with E-state index < -0.39 is 18.5 Å². The Kier molecular flexibility index (Phi) is 8.36. The maximum atomic E-state index is 12.7. The lowest BCUT2D eigenvalue weighted by Crippen LogP contribution is -2.21. The quantitative estimate of drug-likeness (QED) is 0.225. The van der Waals surface area contributed by atoms with E-state index >= 15 is 0 Å². The summed E-state index contributed by atoms with van der Waals surface area (Å²) >= 11 is 9.33. The number of nitriles is 1. The highest BCUT2D eigenvalue weighted by Gasteiger charge is 2.25. The normalized spacial score (nSPS) is 10.4. The van der Waals surface area contributed by atoms with Gasteiger partial charge >= 0.3 is 5.97 Å². The van der Waals surface area contributed by atoms with Crippen LogP contribution in [0.1, 0.15) is 15.9 Å². The average molecular weight is 596 g/mol. The minimum absolute atomic E-state index is 0.0781. The van der Waals surface area contributed by atoms with Crippen molar-refractivity contribution < 1.29 is 28.2 Å². The summed E-state index contributed by atoms with van der Waals surface area (Å²) in [5, 5.41) is 12.8. The number of benzene rings is 3. The van der Waals surface area contributed by atoms with Crippen molar-refractivity contribution in [3.8, 4) is 40.0 Å². The van der Waals surface area contributed by atoms with E-state index in [1.54, 1.807) is 68.8 Å². The molecule has 0 aliphatic carbocycles. The topological polar surface area (TPSA) is 111 Å². The van der Waals surface area contributed by atoms with Crippen LogP contribution in [0.4, 0.5) is 5.88 Å². The van der Waals surface area contributed by atoms with Crippen LogP contribution in [0.25, 0.3) is 22.5 Å². The van der Waals surface area contributed by atoms with E-state index in [1.165, 1.54) is 12.1 Å². The van der Waals surface area contributed by atoms with Crippen LogP contribution in [0.15, 0.2) is 75.6 Å². The molecule has 0 spiro atoms. The molecule has 4 aromatic rings. The van der Waals surface area contributed by atoms with Gasteiger partial charge in [0, 0.05) is 15.6 Å². The number of esters is 1. The third-order valence-corrected chi connectivity index (χ3v) is 6.31. The van der Waals surface area contributed by atoms with Gasteiger partial charge in [0.15, 0.2) is 6.61 Å². The average Bonchev–Trinajstić information content (AvgIpc) is 3.30. The van der Waals surface area contributed by atoms with Crippen LogP contribution < -0.4 is 14.8 Å². The van der Waals surface area contributed by atoms with Crippen molar-refractivity contribution in [1.29, 1.82) is 5.26 Å². The SMILES string of the molecule is COc1ccc(-c2oc(NC(=O)COC(=O)c3cc(Br)ccc3Cl)c(C#N)c2-c2ccc(OC)cc2)cc1. The number of nitrogens with one attached hydrogen (secondary N) is 1. The first-order valence-corrected chi connectivity index (χ1v) is 12.3. The Morgan fingerprint density at radius 3 is 2.16 bits per heavy atom. The van der Waals surface area contributed by atoms with Crippen LogP contribution in [-0.4, -0.2) is 32.7 Å². The minimum atomic E-state index is -0.774. The molecule has 4 rings (SSSR count). The summed E-state index contributed by atoms with van der Waals surface area (Å²) in [5.74, 6) is 0.102. The maximum Gasteiger partial charge on any atom is 0.340 e. The standard InChI is InChI=1S/C28H20BrClN2O6/c1-35-19-8-3-16(4-9-19)25-22(14-31)27(38-26(25)17-5-10-20(36-2)11-6-17)32-24(33)15-37-28(34)21-13-18(29)7-12-23(21)30/h3-13H,15H2,1-2H3,(H,32,33). The summed E-state index contributed by atoms with van der Waals surface area (Å²) < 4.78 is 22.2. The number of furan rings is 1. The van der Waals surface area contributed by atoms with E-state index in [0.29, 0.717) is 38.4 Å². The van der Waals surface area contributed by atoms with E-state index in [-0.39, 0.29) is 22.0 Å². The van der Waals surface area contributed by atoms with Crippen LogP contribution in [-0.2, 0) is 9.53 Å². The molecule has 10 heteroatoms. The molecule has 0 saturated carbocycles. The third kappa shape index (κ3) is 5.83. The molecule has 0 bridgehead atoms. The van der Waals surface area contributed by atoms with E-state index in [0.717, 1.165) is 0 Å². The Bertz CT molecular complexity index is 1520. The number of halogens is 2. The van der Waals surface area contributed by atoms with E-state index in [1.807, 2.05) is 0 Å². The predicted octanol–water partition coefficient (Wildman–Crippen LogP) is 6.71. The molecule has 1 aromatic heterocycles. The van der Waals surface area contributed by atoms with Gasteiger partial charge in [-0.15, -0.1) is 0 Å². The van der Waals surface area contributed by atoms with Crippen molar-refractivity contribution in [2.45, 2.75) is 0 Å². The number of hydrogen-bond donors (Lipinski definition) is 1. The highest BCUT2D eigenvalue weighted by molar-refractivity contribution is 9.10. The number of amides is 1. The molecule has 1 N–H and O–H groups in total. The predicted molar refractivity (Wildman–Crippen MR) is 145 cm³/mol. The fourth-order valence-corrected chi connectivity index (χ4v) is 4.19. The summed E-state index contributed by atoms with van der Waals surface area (Å²) in [6.45, 7) is -0.622. The monoisotopic (exact) mass is 594 g/mol. The second-order valence-corrected chi connectivity index (χ2v) is 9.15. The zero-order valence-electron chi connectivity index (χ0n) is 20.2. The van der Waals surface area contributed by atoms with Crippen molar-refractivity contribution in [3.05, 3.63) is 87.4 Å². The number of rotatable bonds is 8. The Morgan fingerprint density at radius 1 is 0.974 bits per heavy atom. The maximum absolute atomic E-state index is 12.7. The number of carbonyl (C=O) groups is 2. The molecule has 0 fully saturated rings. The highest BCUT2D eigenvalue weighted by Crippen LogP contribution is 2.42. The van der Waals surface area contributed by atoms with Gasteiger partial charge in [0.05, 0.1) is 24.8 Å². The van der Waals surface area contributed by atoms with Gasteiger partial charge in [-0.1, -0.05) is 39.7 Å². The zero-order chi connectivity index (χ0) is 27.2. The fraction of sp³-hybridized carbons (Fsp3) is 0.107. The molecule has 1 heterocycles. The molecule has 1 amide bonds. The van der Waals surface area contributed by atoms with Crippen LogP contribution >= 0.6 is 27.5 Å². The Balaban J connectivity index is 1.64. The lowest BCUT2D eigenvalue weighted by molar-refractivity contribution is -0.119. The molecule has 0 saturated heterocycles. The smallest absolute Gasteiger partial charge is 0.340 e. The molecule has 0 radical (unpaired) electrons. The molecule has 8 nitrogen and oxygen atoms in total. The molecule has 38 heavy (non-hydrogen) atoms. The minimum Gasteiger partial charge on any atom is -0.497 e. The molecule has 0 atom stereocenters. The summed E-state index contributed by atoms with van der Waals surface area (Å²) in [7, 11) is 3.12. The van der Waals surface area contributed by atoms with Crippen LogP contribution in [0, 0.1) is 11.3 Å². The number of nitrogens with zero attached hydrogens (tertiary/aromatic N) is 1. The number of hydrogen-bond acceptors (Lipinski definition) is 7. The van der Waals surface area contributed by atoms with Crippen LogP contribution in [0.3, 0.4) is 0 Å². The summed E-state index contributed by atoms with van der Waals surface area (Å²) in [6.07, 6.45) is 0. The first kappa shape index (κ1) is 26.8. The zero-order valence-corrected chi connectivity index (χ0v) is 22.6. The van der Waals surface area contributed by atoms with E-state index in [9.17, 15) is 14.9 Å². The van der Waals surface area contributed by atoms with Crippen LogP contribution in [0.5, 0.6) is 11.5 Å². The molecule has 192 valence electrons. The van der Waals surface area contributed by atoms with Gasteiger partial charge in [-0.25, -0.2) is 4.79 Å². The van der Waals surface area contributed by atoms with Crippen molar-refractivity contribution in [1.82, 2.24) is 0 Å². The van der Waals surface area contributed by atoms with Gasteiger partial charge in [0.1, 0.15) is 28.9 Å². The molecule has 0 aliphatic rings. The summed E-state index contributed by atoms with van der Waals surface area (Å²) in [5.41, 5.74) is 2.02. The van der Waals surface area contributed by atoms with Crippen molar-refractivity contribution in [2.24, 2.45) is 0 Å². The Hall–Kier alpha value is -4.26. The molecular formula is C28H20BrClN2O6. The number of methoxy groups -OCH3 is 2. The summed E-state index contributed by atoms with van der Waals surface area (Å²) in [6, 6.07) is 21.0. The Morgan fingerprint density at radius 2 is 1.58 bits per heavy atom. The number of ether oxygens (including phenoxy) is 3. The van der Waals surface area contributed by atoms with Gasteiger partial charge in [-0.3, -0.25) is 10.1 Å². The summed E-state index contributed by atoms with van der Waals surface area (Å²) in [4.78, 5) is 25.1. The Labute approximate surface area is 231 Å². The molecule has 0 aliphatic heterocycles. The highest BCUT2D eigenvalue weighted by atomic mass is 79.9. The second kappa shape index (κ2) is 11.9. The molecule has 3 aromatic carbocycles. The molecule has 0 unspecified atom stereocenters. The largest absolute Gasteiger partial charge is 0.497 e. The number of anilines is 1. The lowest BCUT2D eigenvalue weighted by Gasteiger charge is -2.07. The third-order valence-electron chi connectivity index (χ3n) is 5.49. The first-order valence-electron chi connectivity index (χ1n) is 11.1. The first-order chi connectivity index (χ1) is 18.3. The second-order valence-electron chi connectivity index (χ2n) is 7.83. The van der Waals surface area contributed by atoms with Crippen molar-refractivity contribution in [3.63, 3.8) is 0 Å². The van der Waals surface area contributed by atoms with E-state index in [2.05, 4.69) is 27.3 Å².